The second kappa shape index (κ2) is 8.09. The van der Waals surface area contributed by atoms with Gasteiger partial charge in [0.15, 0.2) is 5.69 Å². The van der Waals surface area contributed by atoms with E-state index in [1.54, 1.807) is 15.6 Å². The summed E-state index contributed by atoms with van der Waals surface area (Å²) in [5, 5.41) is 7.91. The van der Waals surface area contributed by atoms with E-state index < -0.39 is 0 Å². The number of amides is 2. The maximum absolute atomic E-state index is 12.9. The number of benzene rings is 2. The van der Waals surface area contributed by atoms with Crippen LogP contribution in [-0.2, 0) is 13.1 Å². The van der Waals surface area contributed by atoms with Gasteiger partial charge in [-0.3, -0.25) is 14.3 Å². The van der Waals surface area contributed by atoms with Gasteiger partial charge in [-0.2, -0.15) is 5.10 Å². The molecule has 148 valence electrons. The summed E-state index contributed by atoms with van der Waals surface area (Å²) in [5.74, 6) is -0.451. The SMILES string of the molecule is CC(NC(=O)c1cc2n(n1)CCN(Cc1ccccc1Cl)C2=O)c1ccccc1. The molecule has 0 aliphatic carbocycles. The van der Waals surface area contributed by atoms with Crippen LogP contribution in [0.1, 0.15) is 45.1 Å². The van der Waals surface area contributed by atoms with Crippen LogP contribution in [0.5, 0.6) is 0 Å². The first-order chi connectivity index (χ1) is 14.0. The summed E-state index contributed by atoms with van der Waals surface area (Å²) in [6.45, 7) is 3.39. The number of rotatable bonds is 5. The van der Waals surface area contributed by atoms with Crippen LogP contribution in [0.3, 0.4) is 0 Å². The van der Waals surface area contributed by atoms with Gasteiger partial charge in [-0.25, -0.2) is 0 Å². The molecule has 0 radical (unpaired) electrons. The van der Waals surface area contributed by atoms with Crippen LogP contribution in [0.2, 0.25) is 5.02 Å². The molecule has 1 N–H and O–H groups in total. The highest BCUT2D eigenvalue weighted by Crippen LogP contribution is 2.21. The molecule has 2 amide bonds. The number of nitrogens with zero attached hydrogens (tertiary/aromatic N) is 3. The van der Waals surface area contributed by atoms with Crippen LogP contribution >= 0.6 is 11.6 Å². The predicted molar refractivity (Wildman–Crippen MR) is 111 cm³/mol. The smallest absolute Gasteiger partial charge is 0.272 e. The topological polar surface area (TPSA) is 67.2 Å². The summed E-state index contributed by atoms with van der Waals surface area (Å²) < 4.78 is 1.60. The Morgan fingerprint density at radius 1 is 1.14 bits per heavy atom. The van der Waals surface area contributed by atoms with Crippen molar-refractivity contribution in [2.45, 2.75) is 26.1 Å². The first kappa shape index (κ1) is 19.2. The summed E-state index contributed by atoms with van der Waals surface area (Å²) in [6.07, 6.45) is 0. The average molecular weight is 409 g/mol. The van der Waals surface area contributed by atoms with E-state index >= 15 is 0 Å². The van der Waals surface area contributed by atoms with Crippen molar-refractivity contribution in [2.24, 2.45) is 0 Å². The summed E-state index contributed by atoms with van der Waals surface area (Å²) in [6, 6.07) is 18.6. The van der Waals surface area contributed by atoms with E-state index in [1.807, 2.05) is 61.5 Å². The minimum atomic E-state index is -0.297. The lowest BCUT2D eigenvalue weighted by atomic mass is 10.1. The summed E-state index contributed by atoms with van der Waals surface area (Å²) in [4.78, 5) is 27.3. The highest BCUT2D eigenvalue weighted by atomic mass is 35.5. The van der Waals surface area contributed by atoms with Gasteiger partial charge in [-0.1, -0.05) is 60.1 Å². The molecule has 0 bridgehead atoms. The first-order valence-electron chi connectivity index (χ1n) is 9.49. The van der Waals surface area contributed by atoms with E-state index in [1.165, 1.54) is 0 Å². The van der Waals surface area contributed by atoms with Crippen molar-refractivity contribution in [2.75, 3.05) is 6.54 Å². The quantitative estimate of drug-likeness (QED) is 0.700. The molecule has 4 rings (SSSR count). The van der Waals surface area contributed by atoms with Crippen LogP contribution in [0.25, 0.3) is 0 Å². The molecule has 0 spiro atoms. The number of nitrogens with one attached hydrogen (secondary N) is 1. The van der Waals surface area contributed by atoms with Crippen molar-refractivity contribution in [3.05, 3.63) is 88.2 Å². The molecule has 7 heteroatoms. The van der Waals surface area contributed by atoms with Crippen molar-refractivity contribution in [1.29, 1.82) is 0 Å². The summed E-state index contributed by atoms with van der Waals surface area (Å²) in [7, 11) is 0. The first-order valence-corrected chi connectivity index (χ1v) is 9.87. The molecule has 3 aromatic rings. The molecule has 1 atom stereocenters. The van der Waals surface area contributed by atoms with E-state index in [2.05, 4.69) is 10.4 Å². The van der Waals surface area contributed by atoms with Gasteiger partial charge in [0.25, 0.3) is 11.8 Å². The number of carbonyl (C=O) groups excluding carboxylic acids is 2. The van der Waals surface area contributed by atoms with Crippen molar-refractivity contribution < 1.29 is 9.59 Å². The number of aromatic nitrogens is 2. The van der Waals surface area contributed by atoms with Crippen molar-refractivity contribution in [3.63, 3.8) is 0 Å². The maximum atomic E-state index is 12.9. The van der Waals surface area contributed by atoms with Gasteiger partial charge in [-0.05, 0) is 24.1 Å². The Bertz CT molecular complexity index is 1050. The molecular formula is C22H21ClN4O2. The third-order valence-electron chi connectivity index (χ3n) is 5.07. The van der Waals surface area contributed by atoms with Crippen molar-refractivity contribution >= 4 is 23.4 Å². The average Bonchev–Trinajstić information content (AvgIpc) is 3.18. The Morgan fingerprint density at radius 2 is 1.86 bits per heavy atom. The van der Waals surface area contributed by atoms with Crippen LogP contribution in [0.4, 0.5) is 0 Å². The molecule has 6 nitrogen and oxygen atoms in total. The summed E-state index contributed by atoms with van der Waals surface area (Å²) in [5.41, 5.74) is 2.56. The fraction of sp³-hybridized carbons (Fsp3) is 0.227. The van der Waals surface area contributed by atoms with Crippen LogP contribution in [-0.4, -0.2) is 33.0 Å². The van der Waals surface area contributed by atoms with Gasteiger partial charge in [0.1, 0.15) is 5.69 Å². The van der Waals surface area contributed by atoms with Gasteiger partial charge in [0.2, 0.25) is 0 Å². The van der Waals surface area contributed by atoms with Gasteiger partial charge in [-0.15, -0.1) is 0 Å². The molecule has 1 aliphatic heterocycles. The molecule has 0 saturated carbocycles. The third kappa shape index (κ3) is 4.03. The number of carbonyl (C=O) groups is 2. The van der Waals surface area contributed by atoms with Crippen molar-refractivity contribution in [1.82, 2.24) is 20.0 Å². The fourth-order valence-electron chi connectivity index (χ4n) is 3.43. The Balaban J connectivity index is 1.48. The van der Waals surface area contributed by atoms with Crippen molar-refractivity contribution in [3.8, 4) is 0 Å². The zero-order valence-electron chi connectivity index (χ0n) is 16.0. The van der Waals surface area contributed by atoms with E-state index in [0.29, 0.717) is 30.4 Å². The highest BCUT2D eigenvalue weighted by molar-refractivity contribution is 6.31. The van der Waals surface area contributed by atoms with E-state index in [4.69, 9.17) is 11.6 Å². The predicted octanol–water partition coefficient (Wildman–Crippen LogP) is 3.68. The van der Waals surface area contributed by atoms with Gasteiger partial charge in [0, 0.05) is 24.2 Å². The molecule has 2 heterocycles. The lowest BCUT2D eigenvalue weighted by molar-refractivity contribution is 0.0683. The second-order valence-electron chi connectivity index (χ2n) is 7.06. The Labute approximate surface area is 174 Å². The minimum absolute atomic E-state index is 0.154. The van der Waals surface area contributed by atoms with Crippen LogP contribution in [0, 0.1) is 0 Å². The third-order valence-corrected chi connectivity index (χ3v) is 5.44. The van der Waals surface area contributed by atoms with Crippen LogP contribution in [0.15, 0.2) is 60.7 Å². The minimum Gasteiger partial charge on any atom is -0.344 e. The largest absolute Gasteiger partial charge is 0.344 e. The Kier molecular flexibility index (Phi) is 5.36. The summed E-state index contributed by atoms with van der Waals surface area (Å²) >= 11 is 6.23. The molecule has 1 aromatic heterocycles. The van der Waals surface area contributed by atoms with Gasteiger partial charge < -0.3 is 10.2 Å². The zero-order valence-corrected chi connectivity index (χ0v) is 16.8. The second-order valence-corrected chi connectivity index (χ2v) is 7.47. The highest BCUT2D eigenvalue weighted by Gasteiger charge is 2.28. The molecule has 1 unspecified atom stereocenters. The number of hydrogen-bond acceptors (Lipinski definition) is 3. The van der Waals surface area contributed by atoms with Crippen LogP contribution < -0.4 is 5.32 Å². The fourth-order valence-corrected chi connectivity index (χ4v) is 3.62. The van der Waals surface area contributed by atoms with Gasteiger partial charge in [0.05, 0.1) is 12.6 Å². The molecule has 29 heavy (non-hydrogen) atoms. The van der Waals surface area contributed by atoms with E-state index in [9.17, 15) is 9.59 Å². The molecule has 0 fully saturated rings. The normalized spacial score (nSPS) is 14.4. The molecule has 0 saturated heterocycles. The molecule has 1 aliphatic rings. The van der Waals surface area contributed by atoms with E-state index in [-0.39, 0.29) is 23.6 Å². The molecule has 2 aromatic carbocycles. The zero-order chi connectivity index (χ0) is 20.4. The number of halogens is 1. The number of fused-ring (bicyclic) bond motifs is 1. The number of hydrogen-bond donors (Lipinski definition) is 1. The lowest BCUT2D eigenvalue weighted by Crippen LogP contribution is -2.39. The monoisotopic (exact) mass is 408 g/mol. The standard InChI is InChI=1S/C22H21ClN4O2/c1-15(16-7-3-2-4-8-16)24-21(28)19-13-20-22(29)26(11-12-27(20)25-19)14-17-9-5-6-10-18(17)23/h2-10,13,15H,11-12,14H2,1H3,(H,24,28). The Hall–Kier alpha value is -3.12. The lowest BCUT2D eigenvalue weighted by Gasteiger charge is -2.27. The van der Waals surface area contributed by atoms with E-state index in [0.717, 1.165) is 11.1 Å². The molecular weight excluding hydrogens is 388 g/mol. The Morgan fingerprint density at radius 3 is 2.62 bits per heavy atom. The maximum Gasteiger partial charge on any atom is 0.272 e. The van der Waals surface area contributed by atoms with Gasteiger partial charge >= 0.3 is 0 Å².